The van der Waals surface area contributed by atoms with Gasteiger partial charge in [0.15, 0.2) is 0 Å². The molecular weight excluding hydrogens is 336 g/mol. The molecule has 1 aliphatic carbocycles. The van der Waals surface area contributed by atoms with Crippen LogP contribution in [0.4, 0.5) is 0 Å². The molecule has 0 aromatic heterocycles. The van der Waals surface area contributed by atoms with Gasteiger partial charge in [-0.3, -0.25) is 4.79 Å². The molecule has 5 nitrogen and oxygen atoms in total. The van der Waals surface area contributed by atoms with Crippen LogP contribution in [-0.4, -0.2) is 38.4 Å². The van der Waals surface area contributed by atoms with Crippen molar-refractivity contribution in [2.75, 3.05) is 13.1 Å². The maximum absolute atomic E-state index is 12.4. The van der Waals surface area contributed by atoms with Crippen LogP contribution in [0.1, 0.15) is 32.1 Å². The van der Waals surface area contributed by atoms with Gasteiger partial charge in [-0.1, -0.05) is 18.0 Å². The second-order valence-corrected chi connectivity index (χ2v) is 8.45. The lowest BCUT2D eigenvalue weighted by molar-refractivity contribution is -0.139. The van der Waals surface area contributed by atoms with E-state index in [9.17, 15) is 13.2 Å². The van der Waals surface area contributed by atoms with Crippen molar-refractivity contribution in [1.29, 1.82) is 0 Å². The minimum atomic E-state index is -3.54. The van der Waals surface area contributed by atoms with Crippen molar-refractivity contribution in [3.05, 3.63) is 29.3 Å². The van der Waals surface area contributed by atoms with E-state index >= 15 is 0 Å². The molecule has 0 atom stereocenters. The van der Waals surface area contributed by atoms with E-state index in [1.807, 2.05) is 4.90 Å². The van der Waals surface area contributed by atoms with Gasteiger partial charge in [-0.25, -0.2) is 13.1 Å². The molecule has 23 heavy (non-hydrogen) atoms. The highest BCUT2D eigenvalue weighted by Gasteiger charge is 2.32. The number of halogens is 1. The second kappa shape index (κ2) is 6.79. The molecule has 1 saturated heterocycles. The van der Waals surface area contributed by atoms with Gasteiger partial charge >= 0.3 is 0 Å². The highest BCUT2D eigenvalue weighted by molar-refractivity contribution is 7.89. The summed E-state index contributed by atoms with van der Waals surface area (Å²) in [5.41, 5.74) is 0. The summed E-state index contributed by atoms with van der Waals surface area (Å²) in [5.74, 6) is 0.451. The van der Waals surface area contributed by atoms with Crippen LogP contribution < -0.4 is 4.72 Å². The Labute approximate surface area is 142 Å². The van der Waals surface area contributed by atoms with Crippen molar-refractivity contribution in [1.82, 2.24) is 9.62 Å². The van der Waals surface area contributed by atoms with Crippen molar-refractivity contribution < 1.29 is 13.2 Å². The third-order valence-corrected chi connectivity index (χ3v) is 6.50. The first-order chi connectivity index (χ1) is 11.0. The number of carbonyl (C=O) groups is 1. The smallest absolute Gasteiger partial charge is 0.240 e. The van der Waals surface area contributed by atoms with Crippen LogP contribution in [0, 0.1) is 5.92 Å². The SMILES string of the molecule is O=C(C1CCC1)N1CCC(NS(=O)(=O)c2ccc(Cl)cc2)CC1. The number of nitrogens with zero attached hydrogens (tertiary/aromatic N) is 1. The van der Waals surface area contributed by atoms with Crippen LogP contribution in [0.5, 0.6) is 0 Å². The molecule has 0 spiro atoms. The maximum atomic E-state index is 12.4. The molecule has 1 heterocycles. The summed E-state index contributed by atoms with van der Waals surface area (Å²) in [4.78, 5) is 14.3. The van der Waals surface area contributed by atoms with Crippen molar-refractivity contribution in [2.45, 2.75) is 43.0 Å². The number of amides is 1. The van der Waals surface area contributed by atoms with E-state index in [4.69, 9.17) is 11.6 Å². The summed E-state index contributed by atoms with van der Waals surface area (Å²) in [5, 5.41) is 0.506. The summed E-state index contributed by atoms with van der Waals surface area (Å²) in [6, 6.07) is 6.01. The van der Waals surface area contributed by atoms with Crippen LogP contribution in [-0.2, 0) is 14.8 Å². The Bertz CT molecular complexity index is 663. The van der Waals surface area contributed by atoms with Gasteiger partial charge in [0, 0.05) is 30.1 Å². The number of nitrogens with one attached hydrogen (secondary N) is 1. The first kappa shape index (κ1) is 16.7. The van der Waals surface area contributed by atoms with E-state index in [1.54, 1.807) is 12.1 Å². The molecule has 0 unspecified atom stereocenters. The van der Waals surface area contributed by atoms with Gasteiger partial charge in [0.1, 0.15) is 0 Å². The number of sulfonamides is 1. The standard InChI is InChI=1S/C16H21ClN2O3S/c17-13-4-6-15(7-5-13)23(21,22)18-14-8-10-19(11-9-14)16(20)12-2-1-3-12/h4-7,12,14,18H,1-3,8-11H2. The number of carbonyl (C=O) groups excluding carboxylic acids is 1. The number of piperidine rings is 1. The van der Waals surface area contributed by atoms with Crippen LogP contribution in [0.15, 0.2) is 29.2 Å². The average Bonchev–Trinajstić information content (AvgIpc) is 2.46. The van der Waals surface area contributed by atoms with Crippen molar-refractivity contribution in [2.24, 2.45) is 5.92 Å². The lowest BCUT2D eigenvalue weighted by Crippen LogP contribution is -2.48. The van der Waals surface area contributed by atoms with Crippen molar-refractivity contribution in [3.63, 3.8) is 0 Å². The van der Waals surface area contributed by atoms with Gasteiger partial charge in [0.05, 0.1) is 4.90 Å². The highest BCUT2D eigenvalue weighted by Crippen LogP contribution is 2.29. The fraction of sp³-hybridized carbons (Fsp3) is 0.562. The number of rotatable bonds is 4. The van der Waals surface area contributed by atoms with Crippen LogP contribution in [0.2, 0.25) is 5.02 Å². The molecule has 3 rings (SSSR count). The zero-order valence-electron chi connectivity index (χ0n) is 12.9. The lowest BCUT2D eigenvalue weighted by Gasteiger charge is -2.36. The van der Waals surface area contributed by atoms with Gasteiger partial charge in [-0.15, -0.1) is 0 Å². The molecule has 0 bridgehead atoms. The summed E-state index contributed by atoms with van der Waals surface area (Å²) in [6.07, 6.45) is 4.47. The molecular formula is C16H21ClN2O3S. The minimum absolute atomic E-state index is 0.124. The zero-order chi connectivity index (χ0) is 16.4. The molecule has 1 aliphatic heterocycles. The van der Waals surface area contributed by atoms with E-state index < -0.39 is 10.0 Å². The van der Waals surface area contributed by atoms with Gasteiger partial charge < -0.3 is 4.90 Å². The molecule has 7 heteroatoms. The predicted octanol–water partition coefficient (Wildman–Crippen LogP) is 2.41. The van der Waals surface area contributed by atoms with Gasteiger partial charge in [0.25, 0.3) is 0 Å². The molecule has 2 fully saturated rings. The normalized spacial score (nSPS) is 20.3. The van der Waals surface area contributed by atoms with Crippen LogP contribution in [0.25, 0.3) is 0 Å². The number of likely N-dealkylation sites (tertiary alicyclic amines) is 1. The van der Waals surface area contributed by atoms with Crippen molar-refractivity contribution in [3.8, 4) is 0 Å². The van der Waals surface area contributed by atoms with Gasteiger partial charge in [0.2, 0.25) is 15.9 Å². The third kappa shape index (κ3) is 3.87. The Balaban J connectivity index is 1.55. The highest BCUT2D eigenvalue weighted by atomic mass is 35.5. The van der Waals surface area contributed by atoms with E-state index in [0.29, 0.717) is 31.0 Å². The molecule has 1 amide bonds. The monoisotopic (exact) mass is 356 g/mol. The predicted molar refractivity (Wildman–Crippen MR) is 88.7 cm³/mol. The molecule has 1 saturated carbocycles. The second-order valence-electron chi connectivity index (χ2n) is 6.30. The van der Waals surface area contributed by atoms with Crippen molar-refractivity contribution >= 4 is 27.5 Å². The van der Waals surface area contributed by atoms with Gasteiger partial charge in [-0.2, -0.15) is 0 Å². The lowest BCUT2D eigenvalue weighted by atomic mass is 9.84. The minimum Gasteiger partial charge on any atom is -0.342 e. The zero-order valence-corrected chi connectivity index (χ0v) is 14.4. The molecule has 126 valence electrons. The van der Waals surface area contributed by atoms with Gasteiger partial charge in [-0.05, 0) is 49.9 Å². The topological polar surface area (TPSA) is 66.5 Å². The van der Waals surface area contributed by atoms with E-state index in [1.165, 1.54) is 12.1 Å². The average molecular weight is 357 g/mol. The Morgan fingerprint density at radius 1 is 1.09 bits per heavy atom. The Morgan fingerprint density at radius 3 is 2.22 bits per heavy atom. The summed E-state index contributed by atoms with van der Waals surface area (Å²) >= 11 is 5.79. The Hall–Kier alpha value is -1.11. The van der Waals surface area contributed by atoms with Crippen LogP contribution in [0.3, 0.4) is 0 Å². The number of hydrogen-bond donors (Lipinski definition) is 1. The molecule has 0 radical (unpaired) electrons. The first-order valence-electron chi connectivity index (χ1n) is 8.02. The summed E-state index contributed by atoms with van der Waals surface area (Å²) in [7, 11) is -3.54. The largest absolute Gasteiger partial charge is 0.342 e. The molecule has 1 aromatic rings. The van der Waals surface area contributed by atoms with E-state index in [-0.39, 0.29) is 22.8 Å². The molecule has 1 N–H and O–H groups in total. The first-order valence-corrected chi connectivity index (χ1v) is 9.88. The quantitative estimate of drug-likeness (QED) is 0.900. The maximum Gasteiger partial charge on any atom is 0.240 e. The Morgan fingerprint density at radius 2 is 1.70 bits per heavy atom. The summed E-state index contributed by atoms with van der Waals surface area (Å²) in [6.45, 7) is 1.26. The number of benzene rings is 1. The third-order valence-electron chi connectivity index (χ3n) is 4.71. The fourth-order valence-corrected chi connectivity index (χ4v) is 4.46. The van der Waals surface area contributed by atoms with E-state index in [2.05, 4.69) is 4.72 Å². The molecule has 1 aromatic carbocycles. The fourth-order valence-electron chi connectivity index (χ4n) is 3.03. The Kier molecular flexibility index (Phi) is 4.94. The summed E-state index contributed by atoms with van der Waals surface area (Å²) < 4.78 is 27.5. The van der Waals surface area contributed by atoms with E-state index in [0.717, 1.165) is 19.3 Å². The van der Waals surface area contributed by atoms with Crippen LogP contribution >= 0.6 is 11.6 Å². The number of hydrogen-bond acceptors (Lipinski definition) is 3. The molecule has 2 aliphatic rings.